The van der Waals surface area contributed by atoms with Crippen molar-refractivity contribution in [3.05, 3.63) is 82.8 Å². The summed E-state index contributed by atoms with van der Waals surface area (Å²) in [5.74, 6) is 1.50. The molecule has 1 fully saturated rings. The number of rotatable bonds is 8. The number of morpholine rings is 1. The van der Waals surface area contributed by atoms with Crippen LogP contribution >= 0.6 is 15.9 Å². The monoisotopic (exact) mass is 553 g/mol. The topological polar surface area (TPSA) is 65.9 Å². The van der Waals surface area contributed by atoms with Gasteiger partial charge in [-0.15, -0.1) is 0 Å². The summed E-state index contributed by atoms with van der Waals surface area (Å²) in [5, 5.41) is 0.643. The maximum atomic E-state index is 13.5. The van der Waals surface area contributed by atoms with Gasteiger partial charge in [-0.25, -0.2) is 14.4 Å². The minimum atomic E-state index is -0.365. The Morgan fingerprint density at radius 1 is 1.06 bits per heavy atom. The molecule has 0 aliphatic carbocycles. The molecule has 5 rings (SSSR count). The van der Waals surface area contributed by atoms with E-state index in [4.69, 9.17) is 18.9 Å². The van der Waals surface area contributed by atoms with Gasteiger partial charge < -0.3 is 18.9 Å². The van der Waals surface area contributed by atoms with Gasteiger partial charge in [0.15, 0.2) is 11.5 Å². The summed E-state index contributed by atoms with van der Waals surface area (Å²) in [5.41, 5.74) is 1.89. The second kappa shape index (κ2) is 11.2. The van der Waals surface area contributed by atoms with Crippen LogP contribution in [-0.4, -0.2) is 54.4 Å². The lowest BCUT2D eigenvalue weighted by Crippen LogP contribution is -2.48. The maximum Gasteiger partial charge on any atom is 0.230 e. The zero-order valence-corrected chi connectivity index (χ0v) is 21.3. The van der Waals surface area contributed by atoms with Crippen LogP contribution in [0.1, 0.15) is 5.56 Å². The molecule has 4 aromatic rings. The third-order valence-electron chi connectivity index (χ3n) is 5.99. The van der Waals surface area contributed by atoms with Crippen molar-refractivity contribution < 1.29 is 23.3 Å². The number of methoxy groups -OCH3 is 1. The number of ether oxygens (including phenoxy) is 4. The number of hydrogen-bond acceptors (Lipinski definition) is 7. The van der Waals surface area contributed by atoms with Crippen LogP contribution in [0.2, 0.25) is 0 Å². The Balaban J connectivity index is 1.36. The van der Waals surface area contributed by atoms with E-state index < -0.39 is 0 Å². The first kappa shape index (κ1) is 24.4. The van der Waals surface area contributed by atoms with Gasteiger partial charge in [-0.1, -0.05) is 30.3 Å². The van der Waals surface area contributed by atoms with Crippen molar-refractivity contribution in [1.82, 2.24) is 14.9 Å². The van der Waals surface area contributed by atoms with E-state index in [2.05, 4.69) is 55.1 Å². The first-order valence-corrected chi connectivity index (χ1v) is 12.3. The highest BCUT2D eigenvalue weighted by molar-refractivity contribution is 9.10. The normalized spacial score (nSPS) is 16.1. The van der Waals surface area contributed by atoms with Crippen LogP contribution in [0.5, 0.6) is 23.1 Å². The number of aromatic nitrogens is 2. The summed E-state index contributed by atoms with van der Waals surface area (Å²) in [6.07, 6.45) is 1.42. The van der Waals surface area contributed by atoms with E-state index in [9.17, 15) is 4.39 Å². The molecule has 0 saturated carbocycles. The fraction of sp³-hybridized carbons (Fsp3) is 0.259. The molecule has 1 aliphatic heterocycles. The van der Waals surface area contributed by atoms with Gasteiger partial charge in [0.25, 0.3) is 0 Å². The van der Waals surface area contributed by atoms with Gasteiger partial charge in [0.1, 0.15) is 24.5 Å². The fourth-order valence-electron chi connectivity index (χ4n) is 4.11. The smallest absolute Gasteiger partial charge is 0.230 e. The van der Waals surface area contributed by atoms with Crippen molar-refractivity contribution in [3.63, 3.8) is 0 Å². The van der Waals surface area contributed by atoms with Crippen LogP contribution in [0.15, 0.2) is 71.5 Å². The molecule has 1 aromatic heterocycles. The second-order valence-electron chi connectivity index (χ2n) is 8.37. The third kappa shape index (κ3) is 5.59. The lowest BCUT2D eigenvalue weighted by molar-refractivity contribution is -0.0276. The van der Waals surface area contributed by atoms with E-state index in [-0.39, 0.29) is 11.9 Å². The van der Waals surface area contributed by atoms with Crippen molar-refractivity contribution in [2.24, 2.45) is 0 Å². The lowest BCUT2D eigenvalue weighted by Gasteiger charge is -2.35. The molecule has 9 heteroatoms. The summed E-state index contributed by atoms with van der Waals surface area (Å²) in [6, 6.07) is 18.3. The van der Waals surface area contributed by atoms with Crippen LogP contribution in [0.3, 0.4) is 0 Å². The first-order chi connectivity index (χ1) is 17.6. The molecule has 1 aliphatic rings. The molecule has 0 spiro atoms. The van der Waals surface area contributed by atoms with E-state index in [1.165, 1.54) is 30.1 Å². The van der Waals surface area contributed by atoms with E-state index >= 15 is 0 Å². The van der Waals surface area contributed by atoms with Crippen molar-refractivity contribution in [2.45, 2.75) is 12.6 Å². The summed E-state index contributed by atoms with van der Waals surface area (Å²) in [7, 11) is 1.58. The van der Waals surface area contributed by atoms with E-state index in [0.717, 1.165) is 13.1 Å². The standard InChI is InChI=1S/C27H25BrFN3O4/c1-33-25-12-21-23(30-17-31-27(21)36-24-8-7-19(29)11-22(24)28)13-26(25)35-16-20-15-34-10-9-32(20)14-18-5-3-2-4-6-18/h2-8,11-13,17,20H,9-10,14-16H2,1H3. The van der Waals surface area contributed by atoms with E-state index in [1.54, 1.807) is 13.2 Å². The van der Waals surface area contributed by atoms with Crippen molar-refractivity contribution in [3.8, 4) is 23.1 Å². The quantitative estimate of drug-likeness (QED) is 0.281. The van der Waals surface area contributed by atoms with Gasteiger partial charge in [0.05, 0.1) is 41.7 Å². The number of benzene rings is 3. The summed E-state index contributed by atoms with van der Waals surface area (Å²) < 4.78 is 37.5. The van der Waals surface area contributed by atoms with Crippen molar-refractivity contribution in [2.75, 3.05) is 33.5 Å². The summed E-state index contributed by atoms with van der Waals surface area (Å²) in [4.78, 5) is 11.0. The molecule has 7 nitrogen and oxygen atoms in total. The van der Waals surface area contributed by atoms with Crippen molar-refractivity contribution in [1.29, 1.82) is 0 Å². The summed E-state index contributed by atoms with van der Waals surface area (Å²) in [6.45, 7) is 3.40. The SMILES string of the molecule is COc1cc2c(Oc3ccc(F)cc3Br)ncnc2cc1OCC1COCCN1Cc1ccccc1. The number of fused-ring (bicyclic) bond motifs is 1. The van der Waals surface area contributed by atoms with Gasteiger partial charge in [0, 0.05) is 19.2 Å². The molecule has 0 amide bonds. The van der Waals surface area contributed by atoms with E-state index in [0.29, 0.717) is 58.3 Å². The van der Waals surface area contributed by atoms with Crippen LogP contribution in [0, 0.1) is 5.82 Å². The average Bonchev–Trinajstić information content (AvgIpc) is 2.90. The van der Waals surface area contributed by atoms with Gasteiger partial charge in [0.2, 0.25) is 5.88 Å². The highest BCUT2D eigenvalue weighted by Gasteiger charge is 2.24. The Hall–Kier alpha value is -3.27. The fourth-order valence-corrected chi connectivity index (χ4v) is 4.54. The number of hydrogen-bond donors (Lipinski definition) is 0. The van der Waals surface area contributed by atoms with Crippen LogP contribution in [0.4, 0.5) is 4.39 Å². The average molecular weight is 554 g/mol. The molecule has 186 valence electrons. The predicted molar refractivity (Wildman–Crippen MR) is 137 cm³/mol. The molecule has 1 atom stereocenters. The molecule has 3 aromatic carbocycles. The second-order valence-corrected chi connectivity index (χ2v) is 9.23. The van der Waals surface area contributed by atoms with Crippen molar-refractivity contribution >= 4 is 26.8 Å². The Bertz CT molecular complexity index is 1340. The minimum Gasteiger partial charge on any atom is -0.493 e. The highest BCUT2D eigenvalue weighted by Crippen LogP contribution is 2.37. The Labute approximate surface area is 216 Å². The largest absolute Gasteiger partial charge is 0.493 e. The van der Waals surface area contributed by atoms with Gasteiger partial charge in [-0.2, -0.15) is 0 Å². The number of nitrogens with zero attached hydrogens (tertiary/aromatic N) is 3. The maximum absolute atomic E-state index is 13.5. The molecule has 0 N–H and O–H groups in total. The zero-order valence-electron chi connectivity index (χ0n) is 19.7. The minimum absolute atomic E-state index is 0.0967. The summed E-state index contributed by atoms with van der Waals surface area (Å²) >= 11 is 3.32. The Kier molecular flexibility index (Phi) is 7.60. The number of halogens is 2. The zero-order chi connectivity index (χ0) is 24.9. The molecule has 1 saturated heterocycles. The lowest BCUT2D eigenvalue weighted by atomic mass is 10.1. The Morgan fingerprint density at radius 2 is 1.92 bits per heavy atom. The molecular formula is C27H25BrFN3O4. The molecule has 0 bridgehead atoms. The van der Waals surface area contributed by atoms with Gasteiger partial charge >= 0.3 is 0 Å². The Morgan fingerprint density at radius 3 is 2.72 bits per heavy atom. The molecule has 1 unspecified atom stereocenters. The molecule has 36 heavy (non-hydrogen) atoms. The molecule has 2 heterocycles. The predicted octanol–water partition coefficient (Wildman–Crippen LogP) is 5.61. The molecule has 0 radical (unpaired) electrons. The highest BCUT2D eigenvalue weighted by atomic mass is 79.9. The van der Waals surface area contributed by atoms with Crippen LogP contribution < -0.4 is 14.2 Å². The van der Waals surface area contributed by atoms with Gasteiger partial charge in [-0.3, -0.25) is 4.90 Å². The van der Waals surface area contributed by atoms with E-state index in [1.807, 2.05) is 12.1 Å². The first-order valence-electron chi connectivity index (χ1n) is 11.5. The molecular weight excluding hydrogens is 529 g/mol. The third-order valence-corrected chi connectivity index (χ3v) is 6.61. The van der Waals surface area contributed by atoms with Gasteiger partial charge in [-0.05, 0) is 45.8 Å². The van der Waals surface area contributed by atoms with Crippen LogP contribution in [0.25, 0.3) is 10.9 Å². The van der Waals surface area contributed by atoms with Crippen LogP contribution in [-0.2, 0) is 11.3 Å².